The van der Waals surface area contributed by atoms with Gasteiger partial charge < -0.3 is 0 Å². The van der Waals surface area contributed by atoms with Gasteiger partial charge in [-0.25, -0.2) is 0 Å². The molecule has 0 aliphatic rings. The Morgan fingerprint density at radius 2 is 1.80 bits per heavy atom. The number of halogens is 1. The molecule has 0 atom stereocenters. The topological polar surface area (TPSA) is 0 Å². The van der Waals surface area contributed by atoms with E-state index in [1.54, 1.807) is 12.1 Å². The van der Waals surface area contributed by atoms with Crippen molar-refractivity contribution >= 4 is 40.6 Å². The van der Waals surface area contributed by atoms with E-state index < -0.39 is 0 Å². The summed E-state index contributed by atoms with van der Waals surface area (Å²) in [7, 11) is 0. The smallest absolute Gasteiger partial charge is 0.0747 e. The summed E-state index contributed by atoms with van der Waals surface area (Å²) in [6.45, 7) is 0. The number of thiocarbonyl (C=S) groups is 1. The molecular weight excluding hydrogens is 184 g/mol. The van der Waals surface area contributed by atoms with Crippen LogP contribution in [0.4, 0.5) is 0 Å². The van der Waals surface area contributed by atoms with Gasteiger partial charge in [0, 0.05) is 5.02 Å². The van der Waals surface area contributed by atoms with E-state index in [2.05, 4.69) is 12.6 Å². The van der Waals surface area contributed by atoms with E-state index in [0.29, 0.717) is 9.22 Å². The molecule has 0 aliphatic carbocycles. The fraction of sp³-hybridized carbons (Fsp3) is 0. The Morgan fingerprint density at radius 3 is 2.20 bits per heavy atom. The molecule has 0 aliphatic heterocycles. The second-order valence-corrected chi connectivity index (χ2v) is 3.41. The van der Waals surface area contributed by atoms with E-state index in [1.807, 2.05) is 12.1 Å². The standard InChI is InChI=1S/C7H5ClS2/c8-6-3-1-5(2-4-6)7(9)10/h1-4H,(H,9,10). The third-order valence-corrected chi connectivity index (χ3v) is 1.84. The van der Waals surface area contributed by atoms with Gasteiger partial charge in [-0.05, 0) is 17.7 Å². The van der Waals surface area contributed by atoms with Crippen molar-refractivity contribution in [2.45, 2.75) is 0 Å². The summed E-state index contributed by atoms with van der Waals surface area (Å²) in [6.07, 6.45) is 0. The lowest BCUT2D eigenvalue weighted by atomic mass is 10.2. The molecule has 0 aromatic heterocycles. The van der Waals surface area contributed by atoms with Crippen molar-refractivity contribution < 1.29 is 0 Å². The minimum Gasteiger partial charge on any atom is -0.131 e. The average Bonchev–Trinajstić information content (AvgIpc) is 1.88. The predicted molar refractivity (Wildman–Crippen MR) is 52.1 cm³/mol. The molecule has 1 rings (SSSR count). The number of thiol groups is 1. The number of benzene rings is 1. The molecule has 0 heterocycles. The van der Waals surface area contributed by atoms with E-state index in [9.17, 15) is 0 Å². The number of rotatable bonds is 1. The Bertz CT molecular complexity index is 240. The Labute approximate surface area is 75.6 Å². The summed E-state index contributed by atoms with van der Waals surface area (Å²) in [4.78, 5) is 0. The Kier molecular flexibility index (Phi) is 2.72. The Balaban J connectivity index is 3.00. The van der Waals surface area contributed by atoms with Crippen LogP contribution < -0.4 is 0 Å². The van der Waals surface area contributed by atoms with Crippen molar-refractivity contribution in [2.75, 3.05) is 0 Å². The highest BCUT2D eigenvalue weighted by Crippen LogP contribution is 2.11. The van der Waals surface area contributed by atoms with E-state index in [-0.39, 0.29) is 0 Å². The molecule has 1 aromatic carbocycles. The third-order valence-electron chi connectivity index (χ3n) is 1.09. The molecule has 0 spiro atoms. The number of hydrogen-bond acceptors (Lipinski definition) is 1. The van der Waals surface area contributed by atoms with Crippen LogP contribution >= 0.6 is 36.4 Å². The zero-order valence-electron chi connectivity index (χ0n) is 5.04. The predicted octanol–water partition coefficient (Wildman–Crippen LogP) is 2.95. The van der Waals surface area contributed by atoms with Crippen LogP contribution in [-0.4, -0.2) is 4.20 Å². The molecule has 3 heteroatoms. The molecule has 0 saturated carbocycles. The molecule has 0 amide bonds. The Hall–Kier alpha value is -0.0500. The van der Waals surface area contributed by atoms with Crippen LogP contribution in [0.2, 0.25) is 5.02 Å². The van der Waals surface area contributed by atoms with E-state index in [0.717, 1.165) is 5.56 Å². The fourth-order valence-corrected chi connectivity index (χ4v) is 1.00. The van der Waals surface area contributed by atoms with Gasteiger partial charge in [0.25, 0.3) is 0 Å². The van der Waals surface area contributed by atoms with Gasteiger partial charge in [0.1, 0.15) is 0 Å². The largest absolute Gasteiger partial charge is 0.131 e. The summed E-state index contributed by atoms with van der Waals surface area (Å²) < 4.78 is 0.594. The average molecular weight is 189 g/mol. The highest BCUT2D eigenvalue weighted by molar-refractivity contribution is 8.11. The van der Waals surface area contributed by atoms with Crippen molar-refractivity contribution in [1.82, 2.24) is 0 Å². The third kappa shape index (κ3) is 1.97. The molecule has 0 nitrogen and oxygen atoms in total. The lowest BCUT2D eigenvalue weighted by Gasteiger charge is -1.94. The first-order chi connectivity index (χ1) is 4.70. The van der Waals surface area contributed by atoms with E-state index in [1.165, 1.54) is 0 Å². The summed E-state index contributed by atoms with van der Waals surface area (Å²) in [5.41, 5.74) is 0.933. The van der Waals surface area contributed by atoms with Gasteiger partial charge in [-0.2, -0.15) is 0 Å². The van der Waals surface area contributed by atoms with Crippen LogP contribution in [0.25, 0.3) is 0 Å². The highest BCUT2D eigenvalue weighted by atomic mass is 35.5. The van der Waals surface area contributed by atoms with Gasteiger partial charge in [-0.15, -0.1) is 12.6 Å². The first kappa shape index (κ1) is 8.05. The molecule has 0 fully saturated rings. The summed E-state index contributed by atoms with van der Waals surface area (Å²) in [6, 6.07) is 7.27. The monoisotopic (exact) mass is 188 g/mol. The summed E-state index contributed by atoms with van der Waals surface area (Å²) in [5, 5.41) is 0.716. The Morgan fingerprint density at radius 1 is 1.30 bits per heavy atom. The lowest BCUT2D eigenvalue weighted by Crippen LogP contribution is -1.84. The van der Waals surface area contributed by atoms with Crippen molar-refractivity contribution in [3.05, 3.63) is 34.9 Å². The molecule has 0 radical (unpaired) electrons. The highest BCUT2D eigenvalue weighted by Gasteiger charge is 1.93. The van der Waals surface area contributed by atoms with Crippen LogP contribution in [0.15, 0.2) is 24.3 Å². The maximum atomic E-state index is 5.65. The molecular formula is C7H5ClS2. The summed E-state index contributed by atoms with van der Waals surface area (Å²) >= 11 is 14.5. The molecule has 0 N–H and O–H groups in total. The van der Waals surface area contributed by atoms with Crippen LogP contribution in [0.1, 0.15) is 5.56 Å². The van der Waals surface area contributed by atoms with E-state index >= 15 is 0 Å². The minimum absolute atomic E-state index is 0.594. The van der Waals surface area contributed by atoms with Crippen LogP contribution in [-0.2, 0) is 0 Å². The van der Waals surface area contributed by atoms with Crippen molar-refractivity contribution in [3.63, 3.8) is 0 Å². The quantitative estimate of drug-likeness (QED) is 0.523. The van der Waals surface area contributed by atoms with Gasteiger partial charge in [0.05, 0.1) is 4.20 Å². The normalized spacial score (nSPS) is 9.40. The van der Waals surface area contributed by atoms with E-state index in [4.69, 9.17) is 23.8 Å². The summed E-state index contributed by atoms with van der Waals surface area (Å²) in [5.74, 6) is 0. The second kappa shape index (κ2) is 3.37. The van der Waals surface area contributed by atoms with Gasteiger partial charge in [-0.3, -0.25) is 0 Å². The molecule has 1 aromatic rings. The maximum absolute atomic E-state index is 5.65. The SMILES string of the molecule is S=C(S)c1ccc(Cl)cc1. The van der Waals surface area contributed by atoms with Crippen molar-refractivity contribution in [3.8, 4) is 0 Å². The first-order valence-electron chi connectivity index (χ1n) is 2.69. The van der Waals surface area contributed by atoms with Crippen LogP contribution in [0.3, 0.4) is 0 Å². The lowest BCUT2D eigenvalue weighted by molar-refractivity contribution is 1.68. The molecule has 0 bridgehead atoms. The zero-order valence-corrected chi connectivity index (χ0v) is 7.51. The maximum Gasteiger partial charge on any atom is 0.0747 e. The van der Waals surface area contributed by atoms with Gasteiger partial charge in [0.2, 0.25) is 0 Å². The van der Waals surface area contributed by atoms with Crippen LogP contribution in [0, 0.1) is 0 Å². The van der Waals surface area contributed by atoms with Crippen molar-refractivity contribution in [2.24, 2.45) is 0 Å². The molecule has 0 unspecified atom stereocenters. The van der Waals surface area contributed by atoms with Crippen molar-refractivity contribution in [1.29, 1.82) is 0 Å². The minimum atomic E-state index is 0.594. The zero-order chi connectivity index (χ0) is 7.56. The van der Waals surface area contributed by atoms with Crippen LogP contribution in [0.5, 0.6) is 0 Å². The second-order valence-electron chi connectivity index (χ2n) is 1.81. The molecule has 52 valence electrons. The van der Waals surface area contributed by atoms with Gasteiger partial charge >= 0.3 is 0 Å². The van der Waals surface area contributed by atoms with Gasteiger partial charge in [-0.1, -0.05) is 36.0 Å². The van der Waals surface area contributed by atoms with Gasteiger partial charge in [0.15, 0.2) is 0 Å². The molecule has 0 saturated heterocycles. The molecule has 10 heavy (non-hydrogen) atoms. The first-order valence-corrected chi connectivity index (χ1v) is 3.92. The fourth-order valence-electron chi connectivity index (χ4n) is 0.592. The number of hydrogen-bond donors (Lipinski definition) is 1.